The molecule has 0 saturated heterocycles. The van der Waals surface area contributed by atoms with E-state index in [1.807, 2.05) is 19.1 Å². The van der Waals surface area contributed by atoms with Crippen molar-refractivity contribution < 1.29 is 4.79 Å². The van der Waals surface area contributed by atoms with Gasteiger partial charge in [-0.2, -0.15) is 0 Å². The Hall–Kier alpha value is -0.840. The third-order valence-electron chi connectivity index (χ3n) is 4.33. The van der Waals surface area contributed by atoms with Gasteiger partial charge in [-0.15, -0.1) is 24.8 Å². The highest BCUT2D eigenvalue weighted by molar-refractivity contribution is 5.86. The summed E-state index contributed by atoms with van der Waals surface area (Å²) in [6.07, 6.45) is 6.94. The second-order valence-electron chi connectivity index (χ2n) is 5.38. The average Bonchev–Trinajstić information content (AvgIpc) is 2.39. The monoisotopic (exact) mass is 319 g/mol. The summed E-state index contributed by atoms with van der Waals surface area (Å²) in [5.41, 5.74) is 12.1. The van der Waals surface area contributed by atoms with Crippen LogP contribution in [0.2, 0.25) is 0 Å². The molecule has 0 aromatic carbocycles. The molecule has 0 radical (unpaired) electrons. The van der Waals surface area contributed by atoms with Gasteiger partial charge in [-0.05, 0) is 56.2 Å². The largest absolute Gasteiger partial charge is 0.369 e. The molecule has 1 fully saturated rings. The summed E-state index contributed by atoms with van der Waals surface area (Å²) in [6.45, 7) is 2.04. The van der Waals surface area contributed by atoms with E-state index in [1.165, 1.54) is 0 Å². The molecule has 1 aromatic rings. The molecule has 0 spiro atoms. The van der Waals surface area contributed by atoms with E-state index in [9.17, 15) is 4.79 Å². The molecule has 0 bridgehead atoms. The maximum Gasteiger partial charge on any atom is 0.228 e. The molecule has 0 aliphatic heterocycles. The molecule has 1 saturated carbocycles. The van der Waals surface area contributed by atoms with Gasteiger partial charge in [0.1, 0.15) is 0 Å². The fourth-order valence-corrected chi connectivity index (χ4v) is 3.01. The van der Waals surface area contributed by atoms with E-state index < -0.39 is 5.41 Å². The molecule has 1 amide bonds. The lowest BCUT2D eigenvalue weighted by Crippen LogP contribution is -2.46. The Labute approximate surface area is 132 Å². The molecular weight excluding hydrogens is 297 g/mol. The molecule has 114 valence electrons. The third-order valence-corrected chi connectivity index (χ3v) is 4.33. The van der Waals surface area contributed by atoms with E-state index in [4.69, 9.17) is 11.5 Å². The van der Waals surface area contributed by atoms with Gasteiger partial charge < -0.3 is 11.5 Å². The molecule has 20 heavy (non-hydrogen) atoms. The van der Waals surface area contributed by atoms with Crippen LogP contribution in [0.1, 0.15) is 38.2 Å². The standard InChI is InChI=1S/C14H21N3O.2ClH/c1-10(15)11-2-6-14(7-3-11,13(16)18)12-4-8-17-9-5-12;;/h4-5,8-11H,2-3,6-7,15H2,1H3,(H2,16,18);2*1H/t10-,11?,14?;;/m1../s1. The molecular formula is C14H23Cl2N3O. The van der Waals surface area contributed by atoms with Crippen molar-refractivity contribution in [3.8, 4) is 0 Å². The Morgan fingerprint density at radius 3 is 2.20 bits per heavy atom. The molecule has 1 aromatic heterocycles. The number of rotatable bonds is 3. The minimum Gasteiger partial charge on any atom is -0.369 e. The number of aromatic nitrogens is 1. The lowest BCUT2D eigenvalue weighted by Gasteiger charge is -2.39. The molecule has 1 atom stereocenters. The molecule has 6 heteroatoms. The first-order chi connectivity index (χ1) is 8.56. The van der Waals surface area contributed by atoms with Gasteiger partial charge in [0.25, 0.3) is 0 Å². The maximum atomic E-state index is 11.9. The number of carbonyl (C=O) groups excluding carboxylic acids is 1. The van der Waals surface area contributed by atoms with Crippen LogP contribution in [0.4, 0.5) is 0 Å². The second-order valence-corrected chi connectivity index (χ2v) is 5.38. The molecule has 1 heterocycles. The SMILES string of the molecule is C[C@@H](N)C1CCC(C(N)=O)(c2ccncc2)CC1.Cl.Cl. The van der Waals surface area contributed by atoms with Crippen molar-refractivity contribution >= 4 is 30.7 Å². The van der Waals surface area contributed by atoms with Crippen molar-refractivity contribution in [2.45, 2.75) is 44.1 Å². The Morgan fingerprint density at radius 1 is 1.30 bits per heavy atom. The molecule has 1 aliphatic rings. The van der Waals surface area contributed by atoms with Crippen LogP contribution in [-0.4, -0.2) is 16.9 Å². The lowest BCUT2D eigenvalue weighted by atomic mass is 9.65. The van der Waals surface area contributed by atoms with Gasteiger partial charge in [0, 0.05) is 18.4 Å². The van der Waals surface area contributed by atoms with E-state index in [-0.39, 0.29) is 36.8 Å². The normalized spacial score (nSPS) is 26.8. The van der Waals surface area contributed by atoms with Gasteiger partial charge in [-0.25, -0.2) is 0 Å². The number of halogens is 2. The molecule has 4 nitrogen and oxygen atoms in total. The topological polar surface area (TPSA) is 82.0 Å². The van der Waals surface area contributed by atoms with Crippen molar-refractivity contribution in [2.75, 3.05) is 0 Å². The van der Waals surface area contributed by atoms with E-state index >= 15 is 0 Å². The quantitative estimate of drug-likeness (QED) is 0.895. The Morgan fingerprint density at radius 2 is 1.80 bits per heavy atom. The van der Waals surface area contributed by atoms with Gasteiger partial charge >= 0.3 is 0 Å². The summed E-state index contributed by atoms with van der Waals surface area (Å²) in [7, 11) is 0. The van der Waals surface area contributed by atoms with Gasteiger partial charge in [0.15, 0.2) is 0 Å². The number of hydrogen-bond donors (Lipinski definition) is 2. The zero-order valence-electron chi connectivity index (χ0n) is 11.6. The van der Waals surface area contributed by atoms with Crippen LogP contribution in [0.3, 0.4) is 0 Å². The van der Waals surface area contributed by atoms with E-state index in [0.29, 0.717) is 5.92 Å². The lowest BCUT2D eigenvalue weighted by molar-refractivity contribution is -0.125. The third kappa shape index (κ3) is 3.62. The highest BCUT2D eigenvalue weighted by Gasteiger charge is 2.42. The number of primary amides is 1. The Bertz CT molecular complexity index is 418. The highest BCUT2D eigenvalue weighted by Crippen LogP contribution is 2.41. The van der Waals surface area contributed by atoms with Crippen molar-refractivity contribution in [2.24, 2.45) is 17.4 Å². The number of carbonyl (C=O) groups is 1. The van der Waals surface area contributed by atoms with Crippen LogP contribution in [0.5, 0.6) is 0 Å². The van der Waals surface area contributed by atoms with Crippen LogP contribution in [0.25, 0.3) is 0 Å². The number of amides is 1. The Kier molecular flexibility index (Phi) is 7.49. The van der Waals surface area contributed by atoms with Gasteiger partial charge in [-0.1, -0.05) is 0 Å². The summed E-state index contributed by atoms with van der Waals surface area (Å²) in [6, 6.07) is 3.99. The molecule has 2 rings (SSSR count). The zero-order chi connectivity index (χ0) is 13.2. The van der Waals surface area contributed by atoms with Crippen molar-refractivity contribution in [1.29, 1.82) is 0 Å². The maximum absolute atomic E-state index is 11.9. The average molecular weight is 320 g/mol. The summed E-state index contributed by atoms with van der Waals surface area (Å²) in [4.78, 5) is 15.9. The number of pyridine rings is 1. The smallest absolute Gasteiger partial charge is 0.228 e. The molecule has 1 aliphatic carbocycles. The first-order valence-electron chi connectivity index (χ1n) is 6.52. The van der Waals surface area contributed by atoms with E-state index in [0.717, 1.165) is 31.2 Å². The highest BCUT2D eigenvalue weighted by atomic mass is 35.5. The van der Waals surface area contributed by atoms with Crippen LogP contribution in [-0.2, 0) is 10.2 Å². The fourth-order valence-electron chi connectivity index (χ4n) is 3.01. The summed E-state index contributed by atoms with van der Waals surface area (Å²) >= 11 is 0. The van der Waals surface area contributed by atoms with Crippen LogP contribution >= 0.6 is 24.8 Å². The second kappa shape index (κ2) is 7.81. The minimum absolute atomic E-state index is 0. The van der Waals surface area contributed by atoms with Gasteiger partial charge in [0.05, 0.1) is 5.41 Å². The van der Waals surface area contributed by atoms with Crippen LogP contribution in [0.15, 0.2) is 24.5 Å². The van der Waals surface area contributed by atoms with E-state index in [1.54, 1.807) is 12.4 Å². The van der Waals surface area contributed by atoms with E-state index in [2.05, 4.69) is 4.98 Å². The summed E-state index contributed by atoms with van der Waals surface area (Å²) in [5, 5.41) is 0. The zero-order valence-corrected chi connectivity index (χ0v) is 13.3. The Balaban J connectivity index is 0.00000180. The fraction of sp³-hybridized carbons (Fsp3) is 0.571. The first-order valence-corrected chi connectivity index (χ1v) is 6.52. The van der Waals surface area contributed by atoms with Crippen LogP contribution in [0, 0.1) is 5.92 Å². The van der Waals surface area contributed by atoms with Crippen molar-refractivity contribution in [1.82, 2.24) is 4.98 Å². The summed E-state index contributed by atoms with van der Waals surface area (Å²) < 4.78 is 0. The number of nitrogens with two attached hydrogens (primary N) is 2. The van der Waals surface area contributed by atoms with Crippen molar-refractivity contribution in [3.63, 3.8) is 0 Å². The van der Waals surface area contributed by atoms with Crippen molar-refractivity contribution in [3.05, 3.63) is 30.1 Å². The molecule has 4 N–H and O–H groups in total. The first kappa shape index (κ1) is 19.2. The van der Waals surface area contributed by atoms with Crippen LogP contribution < -0.4 is 11.5 Å². The number of nitrogens with zero attached hydrogens (tertiary/aromatic N) is 1. The molecule has 0 unspecified atom stereocenters. The summed E-state index contributed by atoms with van der Waals surface area (Å²) in [5.74, 6) is 0.274. The minimum atomic E-state index is -0.520. The predicted molar refractivity (Wildman–Crippen MR) is 85.2 cm³/mol. The number of hydrogen-bond acceptors (Lipinski definition) is 3. The predicted octanol–water partition coefficient (Wildman–Crippen LogP) is 2.19. The van der Waals surface area contributed by atoms with Gasteiger partial charge in [0.2, 0.25) is 5.91 Å². The van der Waals surface area contributed by atoms with Gasteiger partial charge in [-0.3, -0.25) is 9.78 Å².